The standard InChI is InChI=1S/C14H20O2/c1-10(2)11-3-5-12(6-4-11)14-9-13(15)7-8-16-14/h3-6,10,13-15H,7-9H2,1-2H3. The van der Waals surface area contributed by atoms with Gasteiger partial charge in [-0.2, -0.15) is 0 Å². The summed E-state index contributed by atoms with van der Waals surface area (Å²) in [5.41, 5.74) is 2.53. The molecule has 0 radical (unpaired) electrons. The SMILES string of the molecule is CC(C)c1ccc(C2CC(O)CCO2)cc1. The van der Waals surface area contributed by atoms with Crippen LogP contribution < -0.4 is 0 Å². The van der Waals surface area contributed by atoms with E-state index in [2.05, 4.69) is 38.1 Å². The van der Waals surface area contributed by atoms with E-state index in [1.54, 1.807) is 0 Å². The third kappa shape index (κ3) is 2.63. The molecule has 0 bridgehead atoms. The summed E-state index contributed by atoms with van der Waals surface area (Å²) in [5.74, 6) is 0.562. The summed E-state index contributed by atoms with van der Waals surface area (Å²) in [4.78, 5) is 0. The number of ether oxygens (including phenoxy) is 1. The van der Waals surface area contributed by atoms with Crippen molar-refractivity contribution in [3.05, 3.63) is 35.4 Å². The first-order valence-electron chi connectivity index (χ1n) is 6.06. The van der Waals surface area contributed by atoms with Gasteiger partial charge in [-0.15, -0.1) is 0 Å². The van der Waals surface area contributed by atoms with Crippen LogP contribution in [0.5, 0.6) is 0 Å². The molecule has 0 aliphatic carbocycles. The van der Waals surface area contributed by atoms with E-state index in [0.717, 1.165) is 12.8 Å². The molecule has 2 nitrogen and oxygen atoms in total. The number of benzene rings is 1. The van der Waals surface area contributed by atoms with Crippen molar-refractivity contribution in [2.75, 3.05) is 6.61 Å². The maximum Gasteiger partial charge on any atom is 0.0849 e. The minimum atomic E-state index is -0.205. The number of hydrogen-bond donors (Lipinski definition) is 1. The molecule has 1 aliphatic rings. The second kappa shape index (κ2) is 4.98. The van der Waals surface area contributed by atoms with Gasteiger partial charge in [0.15, 0.2) is 0 Å². The van der Waals surface area contributed by atoms with Gasteiger partial charge in [-0.05, 0) is 23.5 Å². The van der Waals surface area contributed by atoms with Crippen molar-refractivity contribution in [2.24, 2.45) is 0 Å². The molecule has 2 atom stereocenters. The minimum Gasteiger partial charge on any atom is -0.393 e. The van der Waals surface area contributed by atoms with E-state index in [9.17, 15) is 5.11 Å². The van der Waals surface area contributed by atoms with Crippen LogP contribution >= 0.6 is 0 Å². The summed E-state index contributed by atoms with van der Waals surface area (Å²) in [6, 6.07) is 8.56. The van der Waals surface area contributed by atoms with Crippen molar-refractivity contribution in [3.63, 3.8) is 0 Å². The second-order valence-corrected chi connectivity index (χ2v) is 4.86. The fourth-order valence-corrected chi connectivity index (χ4v) is 2.11. The summed E-state index contributed by atoms with van der Waals surface area (Å²) in [6.45, 7) is 5.05. The Bertz CT molecular complexity index is 329. The van der Waals surface area contributed by atoms with Gasteiger partial charge in [0.25, 0.3) is 0 Å². The lowest BCUT2D eigenvalue weighted by molar-refractivity contribution is -0.0447. The Morgan fingerprint density at radius 1 is 1.25 bits per heavy atom. The molecule has 0 amide bonds. The quantitative estimate of drug-likeness (QED) is 0.830. The molecule has 2 rings (SSSR count). The van der Waals surface area contributed by atoms with Gasteiger partial charge in [0.2, 0.25) is 0 Å². The highest BCUT2D eigenvalue weighted by atomic mass is 16.5. The lowest BCUT2D eigenvalue weighted by Crippen LogP contribution is -2.23. The Kier molecular flexibility index (Phi) is 3.62. The molecule has 1 aromatic carbocycles. The van der Waals surface area contributed by atoms with Crippen LogP contribution in [0.2, 0.25) is 0 Å². The zero-order valence-electron chi connectivity index (χ0n) is 10.0. The van der Waals surface area contributed by atoms with Gasteiger partial charge in [-0.25, -0.2) is 0 Å². The summed E-state index contributed by atoms with van der Waals surface area (Å²) < 4.78 is 5.67. The van der Waals surface area contributed by atoms with E-state index in [0.29, 0.717) is 12.5 Å². The van der Waals surface area contributed by atoms with Crippen LogP contribution in [0.4, 0.5) is 0 Å². The Morgan fingerprint density at radius 2 is 1.94 bits per heavy atom. The van der Waals surface area contributed by atoms with E-state index in [1.807, 2.05) is 0 Å². The van der Waals surface area contributed by atoms with Crippen molar-refractivity contribution in [3.8, 4) is 0 Å². The molecule has 1 fully saturated rings. The molecule has 0 aromatic heterocycles. The van der Waals surface area contributed by atoms with Crippen molar-refractivity contribution in [2.45, 2.75) is 44.8 Å². The van der Waals surface area contributed by atoms with Crippen molar-refractivity contribution >= 4 is 0 Å². The van der Waals surface area contributed by atoms with Crippen molar-refractivity contribution < 1.29 is 9.84 Å². The largest absolute Gasteiger partial charge is 0.393 e. The molecular formula is C14H20O2. The topological polar surface area (TPSA) is 29.5 Å². The van der Waals surface area contributed by atoms with Crippen LogP contribution in [0.15, 0.2) is 24.3 Å². The third-order valence-electron chi connectivity index (χ3n) is 3.23. The van der Waals surface area contributed by atoms with Gasteiger partial charge in [0.05, 0.1) is 12.2 Å². The van der Waals surface area contributed by atoms with Crippen LogP contribution in [0.1, 0.15) is 49.8 Å². The van der Waals surface area contributed by atoms with Crippen LogP contribution in [0.3, 0.4) is 0 Å². The predicted octanol–water partition coefficient (Wildman–Crippen LogP) is 3.02. The fraction of sp³-hybridized carbons (Fsp3) is 0.571. The number of hydrogen-bond acceptors (Lipinski definition) is 2. The molecule has 1 N–H and O–H groups in total. The van der Waals surface area contributed by atoms with E-state index in [-0.39, 0.29) is 12.2 Å². The Morgan fingerprint density at radius 3 is 2.50 bits per heavy atom. The fourth-order valence-electron chi connectivity index (χ4n) is 2.11. The monoisotopic (exact) mass is 220 g/mol. The van der Waals surface area contributed by atoms with Crippen LogP contribution in [-0.4, -0.2) is 17.8 Å². The van der Waals surface area contributed by atoms with E-state index < -0.39 is 0 Å². The molecular weight excluding hydrogens is 200 g/mol. The zero-order valence-corrected chi connectivity index (χ0v) is 10.0. The lowest BCUT2D eigenvalue weighted by atomic mass is 9.96. The highest BCUT2D eigenvalue weighted by Gasteiger charge is 2.22. The first-order valence-corrected chi connectivity index (χ1v) is 6.06. The average Bonchev–Trinajstić information content (AvgIpc) is 2.29. The molecule has 2 unspecified atom stereocenters. The number of aliphatic hydroxyl groups is 1. The number of rotatable bonds is 2. The maximum absolute atomic E-state index is 9.60. The normalized spacial score (nSPS) is 26.0. The molecule has 2 heteroatoms. The van der Waals surface area contributed by atoms with Gasteiger partial charge >= 0.3 is 0 Å². The molecule has 1 heterocycles. The first kappa shape index (κ1) is 11.6. The van der Waals surface area contributed by atoms with Crippen LogP contribution in [-0.2, 0) is 4.74 Å². The van der Waals surface area contributed by atoms with Crippen molar-refractivity contribution in [1.82, 2.24) is 0 Å². The van der Waals surface area contributed by atoms with Crippen LogP contribution in [0.25, 0.3) is 0 Å². The van der Waals surface area contributed by atoms with Gasteiger partial charge in [-0.3, -0.25) is 0 Å². The maximum atomic E-state index is 9.60. The Hall–Kier alpha value is -0.860. The summed E-state index contributed by atoms with van der Waals surface area (Å²) in [5, 5.41) is 9.60. The summed E-state index contributed by atoms with van der Waals surface area (Å²) >= 11 is 0. The summed E-state index contributed by atoms with van der Waals surface area (Å²) in [7, 11) is 0. The minimum absolute atomic E-state index is 0.0740. The second-order valence-electron chi connectivity index (χ2n) is 4.86. The van der Waals surface area contributed by atoms with Gasteiger partial charge in [0, 0.05) is 13.0 Å². The molecule has 1 saturated heterocycles. The first-order chi connectivity index (χ1) is 7.66. The Balaban J connectivity index is 2.09. The van der Waals surface area contributed by atoms with E-state index in [4.69, 9.17) is 4.74 Å². The summed E-state index contributed by atoms with van der Waals surface area (Å²) in [6.07, 6.45) is 1.36. The third-order valence-corrected chi connectivity index (χ3v) is 3.23. The van der Waals surface area contributed by atoms with Gasteiger partial charge in [0.1, 0.15) is 0 Å². The zero-order chi connectivity index (χ0) is 11.5. The van der Waals surface area contributed by atoms with E-state index in [1.165, 1.54) is 11.1 Å². The smallest absolute Gasteiger partial charge is 0.0849 e. The molecule has 16 heavy (non-hydrogen) atoms. The van der Waals surface area contributed by atoms with E-state index >= 15 is 0 Å². The molecule has 1 aliphatic heterocycles. The highest BCUT2D eigenvalue weighted by molar-refractivity contribution is 5.26. The number of aliphatic hydroxyl groups excluding tert-OH is 1. The molecule has 0 saturated carbocycles. The molecule has 0 spiro atoms. The van der Waals surface area contributed by atoms with Crippen LogP contribution in [0, 0.1) is 0 Å². The highest BCUT2D eigenvalue weighted by Crippen LogP contribution is 2.28. The lowest BCUT2D eigenvalue weighted by Gasteiger charge is -2.27. The molecule has 88 valence electrons. The molecule has 1 aromatic rings. The average molecular weight is 220 g/mol. The Labute approximate surface area is 97.3 Å². The van der Waals surface area contributed by atoms with Gasteiger partial charge in [-0.1, -0.05) is 38.1 Å². The van der Waals surface area contributed by atoms with Gasteiger partial charge < -0.3 is 9.84 Å². The van der Waals surface area contributed by atoms with Crippen molar-refractivity contribution in [1.29, 1.82) is 0 Å². The predicted molar refractivity (Wildman–Crippen MR) is 64.5 cm³/mol.